The minimum Gasteiger partial charge on any atom is -0.481 e. The Morgan fingerprint density at radius 1 is 1.71 bits per heavy atom. The summed E-state index contributed by atoms with van der Waals surface area (Å²) in [6.07, 6.45) is 2.37. The molecule has 4 nitrogen and oxygen atoms in total. The first kappa shape index (κ1) is 11.5. The van der Waals surface area contributed by atoms with E-state index in [1.165, 1.54) is 6.42 Å². The molecule has 1 heterocycles. The second kappa shape index (κ2) is 5.32. The van der Waals surface area contributed by atoms with Gasteiger partial charge in [0.2, 0.25) is 0 Å². The van der Waals surface area contributed by atoms with E-state index < -0.39 is 5.97 Å². The highest BCUT2D eigenvalue weighted by molar-refractivity contribution is 5.69. The Morgan fingerprint density at radius 2 is 2.43 bits per heavy atom. The zero-order valence-corrected chi connectivity index (χ0v) is 8.99. The summed E-state index contributed by atoms with van der Waals surface area (Å²) in [6, 6.07) is 0.468. The van der Waals surface area contributed by atoms with Crippen molar-refractivity contribution >= 4 is 5.97 Å². The molecular formula is C10H20N2O2. The molecule has 0 bridgehead atoms. The van der Waals surface area contributed by atoms with Crippen LogP contribution in [0.5, 0.6) is 0 Å². The molecule has 0 aromatic rings. The van der Waals surface area contributed by atoms with Crippen LogP contribution in [0.15, 0.2) is 0 Å². The van der Waals surface area contributed by atoms with E-state index in [1.807, 2.05) is 0 Å². The molecule has 1 saturated heterocycles. The van der Waals surface area contributed by atoms with Crippen molar-refractivity contribution in [1.29, 1.82) is 0 Å². The van der Waals surface area contributed by atoms with Gasteiger partial charge in [0.15, 0.2) is 0 Å². The molecular weight excluding hydrogens is 180 g/mol. The van der Waals surface area contributed by atoms with Gasteiger partial charge in [-0.05, 0) is 26.4 Å². The van der Waals surface area contributed by atoms with E-state index in [4.69, 9.17) is 5.11 Å². The number of nitrogens with one attached hydrogen (secondary N) is 1. The molecule has 82 valence electrons. The second-order valence-electron chi connectivity index (χ2n) is 4.25. The molecule has 2 atom stereocenters. The number of carboxylic acids is 1. The zero-order valence-electron chi connectivity index (χ0n) is 8.99. The number of nitrogens with zero attached hydrogens (tertiary/aromatic N) is 1. The van der Waals surface area contributed by atoms with Crippen molar-refractivity contribution in [2.75, 3.05) is 26.7 Å². The lowest BCUT2D eigenvalue weighted by atomic mass is 10.1. The van der Waals surface area contributed by atoms with Gasteiger partial charge >= 0.3 is 5.97 Å². The number of piperidine rings is 1. The molecule has 2 unspecified atom stereocenters. The van der Waals surface area contributed by atoms with E-state index in [0.717, 1.165) is 19.5 Å². The highest BCUT2D eigenvalue weighted by Gasteiger charge is 2.18. The summed E-state index contributed by atoms with van der Waals surface area (Å²) >= 11 is 0. The van der Waals surface area contributed by atoms with Gasteiger partial charge in [-0.15, -0.1) is 0 Å². The number of carbonyl (C=O) groups is 1. The molecule has 1 fully saturated rings. The SMILES string of the molecule is CC(CNC1CCCN(C)C1)C(=O)O. The number of hydrogen-bond donors (Lipinski definition) is 2. The maximum atomic E-state index is 10.6. The van der Waals surface area contributed by atoms with E-state index in [2.05, 4.69) is 17.3 Å². The number of likely N-dealkylation sites (N-methyl/N-ethyl adjacent to an activating group) is 1. The molecule has 0 spiro atoms. The minimum atomic E-state index is -0.721. The van der Waals surface area contributed by atoms with Crippen molar-refractivity contribution in [3.05, 3.63) is 0 Å². The number of rotatable bonds is 4. The Kier molecular flexibility index (Phi) is 4.35. The Bertz CT molecular complexity index is 197. The lowest BCUT2D eigenvalue weighted by molar-refractivity contribution is -0.141. The van der Waals surface area contributed by atoms with E-state index in [0.29, 0.717) is 12.6 Å². The van der Waals surface area contributed by atoms with Gasteiger partial charge in [-0.25, -0.2) is 0 Å². The average molecular weight is 200 g/mol. The van der Waals surface area contributed by atoms with E-state index in [-0.39, 0.29) is 5.92 Å². The Morgan fingerprint density at radius 3 is 3.00 bits per heavy atom. The van der Waals surface area contributed by atoms with Crippen molar-refractivity contribution in [1.82, 2.24) is 10.2 Å². The monoisotopic (exact) mass is 200 g/mol. The topological polar surface area (TPSA) is 52.6 Å². The number of likely N-dealkylation sites (tertiary alicyclic amines) is 1. The van der Waals surface area contributed by atoms with Gasteiger partial charge in [-0.2, -0.15) is 0 Å². The summed E-state index contributed by atoms with van der Waals surface area (Å²) < 4.78 is 0. The summed E-state index contributed by atoms with van der Waals surface area (Å²) in [4.78, 5) is 12.9. The lowest BCUT2D eigenvalue weighted by Gasteiger charge is -2.30. The van der Waals surface area contributed by atoms with Crippen molar-refractivity contribution in [2.45, 2.75) is 25.8 Å². The maximum absolute atomic E-state index is 10.6. The van der Waals surface area contributed by atoms with Crippen molar-refractivity contribution < 1.29 is 9.90 Å². The molecule has 0 saturated carbocycles. The van der Waals surface area contributed by atoms with Crippen LogP contribution in [0, 0.1) is 5.92 Å². The molecule has 0 aromatic heterocycles. The second-order valence-corrected chi connectivity index (χ2v) is 4.25. The first-order chi connectivity index (χ1) is 6.59. The number of carboxylic acid groups (broad SMARTS) is 1. The van der Waals surface area contributed by atoms with Crippen LogP contribution in [0.25, 0.3) is 0 Å². The highest BCUT2D eigenvalue weighted by Crippen LogP contribution is 2.08. The van der Waals surface area contributed by atoms with Crippen LogP contribution in [0.1, 0.15) is 19.8 Å². The minimum absolute atomic E-state index is 0.290. The van der Waals surface area contributed by atoms with Crippen molar-refractivity contribution in [3.8, 4) is 0 Å². The van der Waals surface area contributed by atoms with E-state index in [9.17, 15) is 4.79 Å². The first-order valence-corrected chi connectivity index (χ1v) is 5.24. The van der Waals surface area contributed by atoms with Gasteiger partial charge in [-0.3, -0.25) is 4.79 Å². The standard InChI is InChI=1S/C10H20N2O2/c1-8(10(13)14)6-11-9-4-3-5-12(2)7-9/h8-9,11H,3-7H2,1-2H3,(H,13,14). The fourth-order valence-electron chi connectivity index (χ4n) is 1.76. The Balaban J connectivity index is 2.20. The van der Waals surface area contributed by atoms with Gasteiger partial charge in [0, 0.05) is 19.1 Å². The summed E-state index contributed by atoms with van der Waals surface area (Å²) in [5, 5.41) is 12.0. The maximum Gasteiger partial charge on any atom is 0.307 e. The first-order valence-electron chi connectivity index (χ1n) is 5.24. The zero-order chi connectivity index (χ0) is 10.6. The molecule has 4 heteroatoms. The molecule has 0 radical (unpaired) electrons. The molecule has 0 aromatic carbocycles. The van der Waals surface area contributed by atoms with Crippen molar-refractivity contribution in [3.63, 3.8) is 0 Å². The largest absolute Gasteiger partial charge is 0.481 e. The van der Waals surface area contributed by atoms with Crippen LogP contribution in [-0.4, -0.2) is 48.7 Å². The van der Waals surface area contributed by atoms with Crippen LogP contribution in [0.2, 0.25) is 0 Å². The van der Waals surface area contributed by atoms with Gasteiger partial charge in [-0.1, -0.05) is 6.92 Å². The Hall–Kier alpha value is -0.610. The third-order valence-electron chi connectivity index (χ3n) is 2.76. The predicted octanol–water partition coefficient (Wildman–Crippen LogP) is 0.391. The van der Waals surface area contributed by atoms with E-state index >= 15 is 0 Å². The summed E-state index contributed by atoms with van der Waals surface area (Å²) in [5.41, 5.74) is 0. The number of hydrogen-bond acceptors (Lipinski definition) is 3. The normalized spacial score (nSPS) is 26.0. The van der Waals surface area contributed by atoms with Crippen molar-refractivity contribution in [2.24, 2.45) is 5.92 Å². The fraction of sp³-hybridized carbons (Fsp3) is 0.900. The average Bonchev–Trinajstić information content (AvgIpc) is 2.14. The van der Waals surface area contributed by atoms with E-state index in [1.54, 1.807) is 6.92 Å². The smallest absolute Gasteiger partial charge is 0.307 e. The molecule has 0 aliphatic carbocycles. The van der Waals surface area contributed by atoms with Crippen LogP contribution in [0.3, 0.4) is 0 Å². The lowest BCUT2D eigenvalue weighted by Crippen LogP contribution is -2.45. The molecule has 14 heavy (non-hydrogen) atoms. The summed E-state index contributed by atoms with van der Waals surface area (Å²) in [7, 11) is 2.11. The quantitative estimate of drug-likeness (QED) is 0.689. The molecule has 2 N–H and O–H groups in total. The van der Waals surface area contributed by atoms with Crippen LogP contribution in [0.4, 0.5) is 0 Å². The van der Waals surface area contributed by atoms with Gasteiger partial charge in [0.05, 0.1) is 5.92 Å². The van der Waals surface area contributed by atoms with Crippen LogP contribution >= 0.6 is 0 Å². The highest BCUT2D eigenvalue weighted by atomic mass is 16.4. The van der Waals surface area contributed by atoms with Gasteiger partial charge in [0.25, 0.3) is 0 Å². The van der Waals surface area contributed by atoms with Gasteiger partial charge < -0.3 is 15.3 Å². The molecule has 1 rings (SSSR count). The summed E-state index contributed by atoms with van der Waals surface area (Å²) in [5.74, 6) is -1.01. The van der Waals surface area contributed by atoms with Gasteiger partial charge in [0.1, 0.15) is 0 Å². The summed E-state index contributed by atoms with van der Waals surface area (Å²) in [6.45, 7) is 4.51. The predicted molar refractivity (Wildman–Crippen MR) is 55.3 cm³/mol. The fourth-order valence-corrected chi connectivity index (χ4v) is 1.76. The van der Waals surface area contributed by atoms with Crippen LogP contribution < -0.4 is 5.32 Å². The third-order valence-corrected chi connectivity index (χ3v) is 2.76. The molecule has 1 aliphatic heterocycles. The third kappa shape index (κ3) is 3.64. The van der Waals surface area contributed by atoms with Crippen LogP contribution in [-0.2, 0) is 4.79 Å². The Labute approximate surface area is 85.3 Å². The molecule has 1 aliphatic rings. The molecule has 0 amide bonds. The number of aliphatic carboxylic acids is 1.